The molecule has 0 amide bonds. The Morgan fingerprint density at radius 1 is 1.09 bits per heavy atom. The second-order valence-corrected chi connectivity index (χ2v) is 10.3. The van der Waals surface area contributed by atoms with Gasteiger partial charge in [0.05, 0.1) is 24.6 Å². The van der Waals surface area contributed by atoms with E-state index in [1.54, 1.807) is 24.4 Å². The van der Waals surface area contributed by atoms with Crippen molar-refractivity contribution in [3.05, 3.63) is 64.8 Å². The summed E-state index contributed by atoms with van der Waals surface area (Å²) in [6, 6.07) is 10.5. The van der Waals surface area contributed by atoms with Crippen LogP contribution in [0.2, 0.25) is 5.15 Å². The Morgan fingerprint density at radius 3 is 2.65 bits per heavy atom. The number of pyridine rings is 1. The third-order valence-corrected chi connectivity index (χ3v) is 8.46. The van der Waals surface area contributed by atoms with Gasteiger partial charge in [-0.2, -0.15) is 0 Å². The van der Waals surface area contributed by atoms with Gasteiger partial charge in [0.25, 0.3) is 0 Å². The van der Waals surface area contributed by atoms with E-state index in [0.717, 1.165) is 42.5 Å². The fourth-order valence-corrected chi connectivity index (χ4v) is 6.66. The van der Waals surface area contributed by atoms with Gasteiger partial charge in [-0.1, -0.05) is 37.6 Å². The van der Waals surface area contributed by atoms with Gasteiger partial charge in [0, 0.05) is 40.6 Å². The average molecular weight is 480 g/mol. The molecule has 2 aliphatic carbocycles. The molecule has 3 atom stereocenters. The van der Waals surface area contributed by atoms with Crippen molar-refractivity contribution in [2.45, 2.75) is 50.7 Å². The van der Waals surface area contributed by atoms with Gasteiger partial charge >= 0.3 is 0 Å². The molecule has 176 valence electrons. The monoisotopic (exact) mass is 479 g/mol. The summed E-state index contributed by atoms with van der Waals surface area (Å²) in [5, 5.41) is 0.374. The fraction of sp³-hybridized carbons (Fsp3) is 0.444. The molecule has 3 aromatic rings. The van der Waals surface area contributed by atoms with Crippen molar-refractivity contribution in [2.75, 3.05) is 13.2 Å². The quantitative estimate of drug-likeness (QED) is 0.422. The minimum atomic E-state index is -0.496. The Morgan fingerprint density at radius 2 is 1.88 bits per heavy atom. The van der Waals surface area contributed by atoms with E-state index < -0.39 is 5.79 Å². The van der Waals surface area contributed by atoms with Crippen molar-refractivity contribution < 1.29 is 13.9 Å². The van der Waals surface area contributed by atoms with Crippen LogP contribution in [0.15, 0.2) is 42.6 Å². The van der Waals surface area contributed by atoms with E-state index in [1.165, 1.54) is 6.07 Å². The van der Waals surface area contributed by atoms with Crippen molar-refractivity contribution in [1.82, 2.24) is 15.0 Å². The van der Waals surface area contributed by atoms with Gasteiger partial charge in [0.1, 0.15) is 11.0 Å². The molecule has 1 spiro atoms. The zero-order valence-corrected chi connectivity index (χ0v) is 20.1. The van der Waals surface area contributed by atoms with E-state index in [0.29, 0.717) is 41.4 Å². The number of nitrogens with zero attached hydrogens (tertiary/aromatic N) is 3. The molecule has 0 N–H and O–H groups in total. The molecule has 7 heteroatoms. The van der Waals surface area contributed by atoms with Crippen molar-refractivity contribution in [3.63, 3.8) is 0 Å². The number of halogens is 2. The lowest BCUT2D eigenvalue weighted by molar-refractivity contribution is -0.234. The number of hydrogen-bond acceptors (Lipinski definition) is 5. The minimum absolute atomic E-state index is 0.192. The summed E-state index contributed by atoms with van der Waals surface area (Å²) in [4.78, 5) is 14.1. The average Bonchev–Trinajstić information content (AvgIpc) is 3.32. The van der Waals surface area contributed by atoms with Crippen molar-refractivity contribution in [3.8, 4) is 22.6 Å². The zero-order chi connectivity index (χ0) is 23.5. The molecule has 0 radical (unpaired) electrons. The highest BCUT2D eigenvalue weighted by molar-refractivity contribution is 6.29. The lowest BCUT2D eigenvalue weighted by Gasteiger charge is -2.54. The first kappa shape index (κ1) is 22.1. The van der Waals surface area contributed by atoms with Gasteiger partial charge in [-0.3, -0.25) is 0 Å². The van der Waals surface area contributed by atoms with E-state index in [1.807, 2.05) is 12.1 Å². The molecular formula is C27H27ClFN3O2. The summed E-state index contributed by atoms with van der Waals surface area (Å²) in [6.45, 7) is 5.85. The number of fused-ring (bicyclic) bond motifs is 3. The van der Waals surface area contributed by atoms with Gasteiger partial charge in [-0.05, 0) is 49.4 Å². The van der Waals surface area contributed by atoms with Gasteiger partial charge in [0.2, 0.25) is 0 Å². The zero-order valence-electron chi connectivity index (χ0n) is 19.4. The van der Waals surface area contributed by atoms with E-state index >= 15 is 4.39 Å². The van der Waals surface area contributed by atoms with Crippen LogP contribution >= 0.6 is 11.6 Å². The van der Waals surface area contributed by atoms with Crippen LogP contribution in [0.4, 0.5) is 4.39 Å². The molecule has 3 aliphatic rings. The molecule has 0 unspecified atom stereocenters. The number of benzene rings is 1. The number of rotatable bonds is 2. The molecule has 1 aromatic carbocycles. The predicted molar refractivity (Wildman–Crippen MR) is 128 cm³/mol. The maximum atomic E-state index is 15.0. The van der Waals surface area contributed by atoms with Gasteiger partial charge in [-0.25, -0.2) is 19.3 Å². The lowest BCUT2D eigenvalue weighted by atomic mass is 9.54. The van der Waals surface area contributed by atoms with E-state index in [-0.39, 0.29) is 17.2 Å². The highest BCUT2D eigenvalue weighted by Crippen LogP contribution is 2.57. The molecular weight excluding hydrogens is 453 g/mol. The molecule has 2 fully saturated rings. The van der Waals surface area contributed by atoms with Crippen LogP contribution in [-0.2, 0) is 21.3 Å². The van der Waals surface area contributed by atoms with Crippen LogP contribution in [0.1, 0.15) is 44.4 Å². The molecule has 34 heavy (non-hydrogen) atoms. The third kappa shape index (κ3) is 3.30. The summed E-state index contributed by atoms with van der Waals surface area (Å²) >= 11 is 6.19. The van der Waals surface area contributed by atoms with Gasteiger partial charge < -0.3 is 9.47 Å². The lowest BCUT2D eigenvalue weighted by Crippen LogP contribution is -2.55. The van der Waals surface area contributed by atoms with Crippen LogP contribution in [0.3, 0.4) is 0 Å². The van der Waals surface area contributed by atoms with Crippen LogP contribution in [0, 0.1) is 17.7 Å². The highest BCUT2D eigenvalue weighted by Gasteiger charge is 2.57. The molecule has 6 rings (SSSR count). The summed E-state index contributed by atoms with van der Waals surface area (Å²) in [5.74, 6) is 0.337. The SMILES string of the molecule is C[C@@H]1[C@H]2CCc3c(-c4ccccc4F)nc(-c4ccnc(Cl)c4)nc3[C@]2(C)CCC12OCCO2. The second-order valence-electron chi connectivity index (χ2n) is 9.93. The van der Waals surface area contributed by atoms with E-state index in [4.69, 9.17) is 31.0 Å². The Labute approximate surface area is 203 Å². The highest BCUT2D eigenvalue weighted by atomic mass is 35.5. The first-order chi connectivity index (χ1) is 16.4. The molecule has 3 heterocycles. The van der Waals surface area contributed by atoms with Crippen molar-refractivity contribution >= 4 is 11.6 Å². The van der Waals surface area contributed by atoms with Crippen LogP contribution < -0.4 is 0 Å². The summed E-state index contributed by atoms with van der Waals surface area (Å²) < 4.78 is 27.3. The number of hydrogen-bond donors (Lipinski definition) is 0. The largest absolute Gasteiger partial charge is 0.347 e. The number of aromatic nitrogens is 3. The Bertz CT molecular complexity index is 1260. The first-order valence-corrected chi connectivity index (χ1v) is 12.4. The van der Waals surface area contributed by atoms with E-state index in [2.05, 4.69) is 18.8 Å². The Hall–Kier alpha value is -2.41. The Balaban J connectivity index is 1.55. The molecule has 1 saturated carbocycles. The van der Waals surface area contributed by atoms with Crippen molar-refractivity contribution in [1.29, 1.82) is 0 Å². The molecule has 2 aromatic heterocycles. The molecule has 5 nitrogen and oxygen atoms in total. The van der Waals surface area contributed by atoms with Crippen LogP contribution in [0.25, 0.3) is 22.6 Å². The smallest absolute Gasteiger partial charge is 0.171 e. The van der Waals surface area contributed by atoms with E-state index in [9.17, 15) is 0 Å². The predicted octanol–water partition coefficient (Wildman–Crippen LogP) is 5.99. The minimum Gasteiger partial charge on any atom is -0.347 e. The fourth-order valence-electron chi connectivity index (χ4n) is 6.49. The van der Waals surface area contributed by atoms with Crippen LogP contribution in [-0.4, -0.2) is 34.0 Å². The molecule has 0 bridgehead atoms. The summed E-state index contributed by atoms with van der Waals surface area (Å²) in [6.07, 6.45) is 5.10. The summed E-state index contributed by atoms with van der Waals surface area (Å²) in [5.41, 5.74) is 3.82. The second kappa shape index (κ2) is 8.08. The molecule has 1 saturated heterocycles. The normalized spacial score (nSPS) is 27.4. The van der Waals surface area contributed by atoms with Gasteiger partial charge in [-0.15, -0.1) is 0 Å². The molecule has 1 aliphatic heterocycles. The first-order valence-electron chi connectivity index (χ1n) is 12.0. The Kier molecular flexibility index (Phi) is 5.24. The standard InChI is InChI=1S/C27H27ClFN3O2/c1-16-20-8-7-19-23(18-5-3-4-6-21(18)29)31-25(17-9-12-30-22(28)15-17)32-24(19)26(20,2)10-11-27(16)33-13-14-34-27/h3-6,9,12,15-16,20H,7-8,10-11,13-14H2,1-2H3/t16-,20-,26-/m1/s1. The summed E-state index contributed by atoms with van der Waals surface area (Å²) in [7, 11) is 0. The van der Waals surface area contributed by atoms with Crippen LogP contribution in [0.5, 0.6) is 0 Å². The van der Waals surface area contributed by atoms with Gasteiger partial charge in [0.15, 0.2) is 11.6 Å². The van der Waals surface area contributed by atoms with Crippen molar-refractivity contribution in [2.24, 2.45) is 11.8 Å². The number of ether oxygens (including phenoxy) is 2. The third-order valence-electron chi connectivity index (χ3n) is 8.25. The maximum Gasteiger partial charge on any atom is 0.171 e. The topological polar surface area (TPSA) is 57.1 Å². The maximum absolute atomic E-state index is 15.0.